The Morgan fingerprint density at radius 1 is 1.23 bits per heavy atom. The van der Waals surface area contributed by atoms with Crippen LogP contribution in [0.15, 0.2) is 28.8 Å². The van der Waals surface area contributed by atoms with E-state index in [1.807, 2.05) is 0 Å². The van der Waals surface area contributed by atoms with Gasteiger partial charge in [-0.2, -0.15) is 0 Å². The normalized spacial score (nSPS) is 13.3. The topological polar surface area (TPSA) is 73.6 Å². The number of hydrogen-bond donors (Lipinski definition) is 1. The molecule has 3 rings (SSSR count). The molecule has 0 fully saturated rings. The third kappa shape index (κ3) is 3.21. The first-order chi connectivity index (χ1) is 10.8. The summed E-state index contributed by atoms with van der Waals surface area (Å²) in [4.78, 5) is 11.9. The molecule has 1 aliphatic rings. The van der Waals surface area contributed by atoms with Crippen LogP contribution in [0.5, 0.6) is 11.5 Å². The van der Waals surface area contributed by atoms with Crippen LogP contribution in [-0.2, 0) is 17.6 Å². The van der Waals surface area contributed by atoms with Crippen LogP contribution in [0.2, 0.25) is 0 Å². The van der Waals surface area contributed by atoms with E-state index in [2.05, 4.69) is 10.5 Å². The van der Waals surface area contributed by atoms with Gasteiger partial charge in [0, 0.05) is 5.56 Å². The molecule has 0 saturated heterocycles. The Morgan fingerprint density at radius 3 is 2.73 bits per heavy atom. The number of aromatic nitrogens is 1. The molecule has 1 aliphatic carbocycles. The molecule has 116 valence electrons. The number of ether oxygens (including phenoxy) is 2. The summed E-state index contributed by atoms with van der Waals surface area (Å²) in [5.41, 5.74) is 1.97. The summed E-state index contributed by atoms with van der Waals surface area (Å²) in [5.74, 6) is 1.54. The quantitative estimate of drug-likeness (QED) is 0.919. The number of methoxy groups -OCH3 is 1. The molecule has 6 nitrogen and oxygen atoms in total. The number of hydrogen-bond acceptors (Lipinski definition) is 5. The lowest BCUT2D eigenvalue weighted by atomic mass is 9.98. The zero-order valence-corrected chi connectivity index (χ0v) is 12.4. The molecule has 0 spiro atoms. The molecule has 1 heterocycles. The van der Waals surface area contributed by atoms with Crippen molar-refractivity contribution in [3.8, 4) is 11.5 Å². The van der Waals surface area contributed by atoms with Crippen molar-refractivity contribution < 1.29 is 18.8 Å². The zero-order valence-electron chi connectivity index (χ0n) is 12.4. The SMILES string of the molecule is COc1ccc(OCC(=O)Nc2onc3c2CCCC3)cc1. The number of aryl methyl sites for hydroxylation is 1. The molecule has 1 amide bonds. The fourth-order valence-corrected chi connectivity index (χ4v) is 2.47. The van der Waals surface area contributed by atoms with Crippen LogP contribution in [0.3, 0.4) is 0 Å². The first kappa shape index (κ1) is 14.4. The number of amides is 1. The summed E-state index contributed by atoms with van der Waals surface area (Å²) in [6.45, 7) is -0.0815. The predicted molar refractivity (Wildman–Crippen MR) is 80.3 cm³/mol. The van der Waals surface area contributed by atoms with Crippen molar-refractivity contribution in [2.75, 3.05) is 19.0 Å². The van der Waals surface area contributed by atoms with Gasteiger partial charge >= 0.3 is 0 Å². The lowest BCUT2D eigenvalue weighted by molar-refractivity contribution is -0.118. The highest BCUT2D eigenvalue weighted by Gasteiger charge is 2.20. The van der Waals surface area contributed by atoms with Crippen LogP contribution in [0, 0.1) is 0 Å². The molecule has 1 aromatic heterocycles. The van der Waals surface area contributed by atoms with Gasteiger partial charge in [-0.1, -0.05) is 5.16 Å². The number of anilines is 1. The molecule has 2 aromatic rings. The average Bonchev–Trinajstić information content (AvgIpc) is 2.97. The van der Waals surface area contributed by atoms with Gasteiger partial charge in [-0.05, 0) is 49.9 Å². The Hall–Kier alpha value is -2.50. The van der Waals surface area contributed by atoms with Gasteiger partial charge < -0.3 is 14.0 Å². The van der Waals surface area contributed by atoms with Crippen molar-refractivity contribution in [3.63, 3.8) is 0 Å². The summed E-state index contributed by atoms with van der Waals surface area (Å²) < 4.78 is 15.7. The Morgan fingerprint density at radius 2 is 1.95 bits per heavy atom. The van der Waals surface area contributed by atoms with E-state index >= 15 is 0 Å². The first-order valence-corrected chi connectivity index (χ1v) is 7.30. The summed E-state index contributed by atoms with van der Waals surface area (Å²) >= 11 is 0. The maximum absolute atomic E-state index is 11.9. The molecule has 6 heteroatoms. The van der Waals surface area contributed by atoms with Crippen molar-refractivity contribution in [2.24, 2.45) is 0 Å². The largest absolute Gasteiger partial charge is 0.497 e. The highest BCUT2D eigenvalue weighted by molar-refractivity contribution is 5.91. The Labute approximate surface area is 128 Å². The van der Waals surface area contributed by atoms with Gasteiger partial charge in [0.25, 0.3) is 5.91 Å². The Bertz CT molecular complexity index is 649. The van der Waals surface area contributed by atoms with Gasteiger partial charge in [-0.3, -0.25) is 10.1 Å². The van der Waals surface area contributed by atoms with E-state index < -0.39 is 0 Å². The van der Waals surface area contributed by atoms with Crippen LogP contribution in [0.1, 0.15) is 24.1 Å². The number of rotatable bonds is 5. The summed E-state index contributed by atoms with van der Waals surface area (Å²) in [5, 5.41) is 6.73. The second-order valence-electron chi connectivity index (χ2n) is 5.16. The lowest BCUT2D eigenvalue weighted by Gasteiger charge is -2.10. The monoisotopic (exact) mass is 302 g/mol. The maximum atomic E-state index is 11.9. The highest BCUT2D eigenvalue weighted by atomic mass is 16.5. The molecular weight excluding hydrogens is 284 g/mol. The molecule has 0 bridgehead atoms. The van der Waals surface area contributed by atoms with Crippen LogP contribution < -0.4 is 14.8 Å². The van der Waals surface area contributed by atoms with E-state index in [-0.39, 0.29) is 12.5 Å². The zero-order chi connectivity index (χ0) is 15.4. The van der Waals surface area contributed by atoms with Gasteiger partial charge in [0.05, 0.1) is 12.8 Å². The number of fused-ring (bicyclic) bond motifs is 1. The van der Waals surface area contributed by atoms with Crippen LogP contribution in [0.4, 0.5) is 5.88 Å². The molecule has 1 aromatic carbocycles. The minimum absolute atomic E-state index is 0.0815. The van der Waals surface area contributed by atoms with Crippen LogP contribution in [0.25, 0.3) is 0 Å². The second kappa shape index (κ2) is 6.51. The molecule has 0 saturated carbocycles. The molecule has 0 atom stereocenters. The fraction of sp³-hybridized carbons (Fsp3) is 0.375. The highest BCUT2D eigenvalue weighted by Crippen LogP contribution is 2.27. The third-order valence-electron chi connectivity index (χ3n) is 3.64. The third-order valence-corrected chi connectivity index (χ3v) is 3.64. The standard InChI is InChI=1S/C16H18N2O4/c1-20-11-6-8-12(9-7-11)21-10-15(19)17-16-13-4-2-3-5-14(13)18-22-16/h6-9H,2-5,10H2,1H3,(H,17,19). The van der Waals surface area contributed by atoms with E-state index in [1.165, 1.54) is 0 Å². The number of carbonyl (C=O) groups is 1. The summed E-state index contributed by atoms with van der Waals surface area (Å²) in [7, 11) is 1.60. The maximum Gasteiger partial charge on any atom is 0.264 e. The van der Waals surface area contributed by atoms with Gasteiger partial charge in [-0.25, -0.2) is 0 Å². The van der Waals surface area contributed by atoms with E-state index in [9.17, 15) is 4.79 Å². The first-order valence-electron chi connectivity index (χ1n) is 7.30. The minimum Gasteiger partial charge on any atom is -0.497 e. The smallest absolute Gasteiger partial charge is 0.264 e. The summed E-state index contributed by atoms with van der Waals surface area (Å²) in [6.07, 6.45) is 4.03. The molecule has 0 aliphatic heterocycles. The molecular formula is C16H18N2O4. The van der Waals surface area contributed by atoms with E-state index in [1.54, 1.807) is 31.4 Å². The molecule has 1 N–H and O–H groups in total. The van der Waals surface area contributed by atoms with Crippen LogP contribution >= 0.6 is 0 Å². The number of benzene rings is 1. The Kier molecular flexibility index (Phi) is 4.27. The van der Waals surface area contributed by atoms with Gasteiger partial charge in [0.15, 0.2) is 6.61 Å². The lowest BCUT2D eigenvalue weighted by Crippen LogP contribution is -2.20. The van der Waals surface area contributed by atoms with Crippen molar-refractivity contribution >= 4 is 11.8 Å². The van der Waals surface area contributed by atoms with Gasteiger partial charge in [0.1, 0.15) is 11.5 Å². The predicted octanol–water partition coefficient (Wildman–Crippen LogP) is 2.58. The number of nitrogens with zero attached hydrogens (tertiary/aromatic N) is 1. The van der Waals surface area contributed by atoms with Gasteiger partial charge in [-0.15, -0.1) is 0 Å². The summed E-state index contributed by atoms with van der Waals surface area (Å²) in [6, 6.07) is 7.06. The van der Waals surface area contributed by atoms with Crippen molar-refractivity contribution in [1.82, 2.24) is 5.16 Å². The fourth-order valence-electron chi connectivity index (χ4n) is 2.47. The van der Waals surface area contributed by atoms with E-state index in [4.69, 9.17) is 14.0 Å². The molecule has 22 heavy (non-hydrogen) atoms. The van der Waals surface area contributed by atoms with Gasteiger partial charge in [0.2, 0.25) is 5.88 Å². The van der Waals surface area contributed by atoms with E-state index in [0.717, 1.165) is 42.7 Å². The van der Waals surface area contributed by atoms with E-state index in [0.29, 0.717) is 11.6 Å². The van der Waals surface area contributed by atoms with Crippen molar-refractivity contribution in [3.05, 3.63) is 35.5 Å². The van der Waals surface area contributed by atoms with Crippen molar-refractivity contribution in [1.29, 1.82) is 0 Å². The second-order valence-corrected chi connectivity index (χ2v) is 5.16. The Balaban J connectivity index is 1.55. The number of carbonyl (C=O) groups excluding carboxylic acids is 1. The molecule has 0 radical (unpaired) electrons. The molecule has 0 unspecified atom stereocenters. The average molecular weight is 302 g/mol. The van der Waals surface area contributed by atoms with Crippen LogP contribution in [-0.4, -0.2) is 24.8 Å². The number of nitrogens with one attached hydrogen (secondary N) is 1. The van der Waals surface area contributed by atoms with Crippen molar-refractivity contribution in [2.45, 2.75) is 25.7 Å². The minimum atomic E-state index is -0.264.